The maximum atomic E-state index is 12.1. The van der Waals surface area contributed by atoms with Gasteiger partial charge in [0.2, 0.25) is 12.3 Å². The molecule has 96 valence electrons. The van der Waals surface area contributed by atoms with Crippen molar-refractivity contribution >= 4 is 18.0 Å². The number of hydrazine groups is 1. The Balaban J connectivity index is 2.19. The molecule has 1 unspecified atom stereocenters. The van der Waals surface area contributed by atoms with Crippen molar-refractivity contribution in [2.45, 2.75) is 25.2 Å². The van der Waals surface area contributed by atoms with E-state index in [-0.39, 0.29) is 11.8 Å². The average Bonchev–Trinajstić information content (AvgIpc) is 2.30. The highest BCUT2D eigenvalue weighted by Gasteiger charge is 2.33. The number of amides is 2. The molecule has 1 saturated carbocycles. The Labute approximate surface area is 106 Å². The summed E-state index contributed by atoms with van der Waals surface area (Å²) < 4.78 is 0. The minimum atomic E-state index is -0.241. The van der Waals surface area contributed by atoms with Gasteiger partial charge >= 0.3 is 0 Å². The maximum absolute atomic E-state index is 12.1. The predicted molar refractivity (Wildman–Crippen MR) is 68.3 cm³/mol. The zero-order valence-corrected chi connectivity index (χ0v) is 10.1. The molecule has 5 nitrogen and oxygen atoms in total. The fourth-order valence-corrected chi connectivity index (χ4v) is 2.34. The van der Waals surface area contributed by atoms with Crippen molar-refractivity contribution in [3.05, 3.63) is 29.8 Å². The van der Waals surface area contributed by atoms with Crippen molar-refractivity contribution in [1.82, 2.24) is 10.9 Å². The number of benzene rings is 1. The van der Waals surface area contributed by atoms with Crippen LogP contribution < -0.4 is 16.6 Å². The third-order valence-corrected chi connectivity index (χ3v) is 3.43. The van der Waals surface area contributed by atoms with Crippen LogP contribution in [0.15, 0.2) is 24.3 Å². The molecule has 18 heavy (non-hydrogen) atoms. The van der Waals surface area contributed by atoms with Crippen LogP contribution in [-0.4, -0.2) is 12.3 Å². The number of rotatable bonds is 5. The molecule has 0 aromatic heterocycles. The lowest BCUT2D eigenvalue weighted by Crippen LogP contribution is -2.42. The van der Waals surface area contributed by atoms with Gasteiger partial charge in [-0.3, -0.25) is 20.4 Å². The van der Waals surface area contributed by atoms with Gasteiger partial charge in [0, 0.05) is 5.69 Å². The number of nitrogens with one attached hydrogen (secondary N) is 2. The summed E-state index contributed by atoms with van der Waals surface area (Å²) in [6.07, 6.45) is 3.68. The molecule has 1 aliphatic carbocycles. The molecule has 0 bridgehead atoms. The molecule has 4 N–H and O–H groups in total. The van der Waals surface area contributed by atoms with Crippen LogP contribution in [-0.2, 0) is 9.59 Å². The van der Waals surface area contributed by atoms with Gasteiger partial charge in [0.1, 0.15) is 0 Å². The van der Waals surface area contributed by atoms with Crippen LogP contribution in [0.25, 0.3) is 0 Å². The highest BCUT2D eigenvalue weighted by Crippen LogP contribution is 2.39. The van der Waals surface area contributed by atoms with E-state index in [1.54, 1.807) is 6.07 Å². The fourth-order valence-electron chi connectivity index (χ4n) is 2.34. The summed E-state index contributed by atoms with van der Waals surface area (Å²) >= 11 is 0. The van der Waals surface area contributed by atoms with E-state index in [1.165, 1.54) is 0 Å². The highest BCUT2D eigenvalue weighted by atomic mass is 16.2. The lowest BCUT2D eigenvalue weighted by atomic mass is 9.72. The largest absolute Gasteiger partial charge is 0.399 e. The molecule has 1 aromatic carbocycles. The van der Waals surface area contributed by atoms with E-state index < -0.39 is 0 Å². The number of carbonyl (C=O) groups is 2. The first-order chi connectivity index (χ1) is 8.72. The van der Waals surface area contributed by atoms with Crippen molar-refractivity contribution in [2.75, 3.05) is 5.73 Å². The standard InChI is InChI=1S/C13H17N3O2/c14-11-6-2-5-10(7-11)12(9-3-1-4-9)13(18)16-15-8-17/h2,5-9,12H,1,3-4,14H2,(H,15,17)(H,16,18). The van der Waals surface area contributed by atoms with Crippen molar-refractivity contribution in [1.29, 1.82) is 0 Å². The van der Waals surface area contributed by atoms with Crippen LogP contribution in [0.4, 0.5) is 5.69 Å². The van der Waals surface area contributed by atoms with Crippen molar-refractivity contribution in [2.24, 2.45) is 5.92 Å². The second-order valence-corrected chi connectivity index (χ2v) is 4.59. The Morgan fingerprint density at radius 1 is 1.44 bits per heavy atom. The normalized spacial score (nSPS) is 16.4. The Morgan fingerprint density at radius 2 is 2.22 bits per heavy atom. The van der Waals surface area contributed by atoms with Gasteiger partial charge in [0.15, 0.2) is 0 Å². The molecular formula is C13H17N3O2. The molecule has 2 rings (SSSR count). The van der Waals surface area contributed by atoms with Crippen LogP contribution in [0.1, 0.15) is 30.7 Å². The van der Waals surface area contributed by atoms with Crippen molar-refractivity contribution in [3.63, 3.8) is 0 Å². The van der Waals surface area contributed by atoms with E-state index in [0.717, 1.165) is 24.8 Å². The molecule has 0 spiro atoms. The van der Waals surface area contributed by atoms with Crippen LogP contribution in [0, 0.1) is 5.92 Å². The first kappa shape index (κ1) is 12.4. The van der Waals surface area contributed by atoms with Crippen LogP contribution in [0.2, 0.25) is 0 Å². The smallest absolute Gasteiger partial charge is 0.246 e. The van der Waals surface area contributed by atoms with E-state index in [0.29, 0.717) is 18.0 Å². The molecule has 1 atom stereocenters. The number of hydrogen-bond donors (Lipinski definition) is 3. The number of hydrogen-bond acceptors (Lipinski definition) is 3. The minimum absolute atomic E-state index is 0.183. The van der Waals surface area contributed by atoms with E-state index in [4.69, 9.17) is 5.73 Å². The quantitative estimate of drug-likeness (QED) is 0.411. The van der Waals surface area contributed by atoms with Crippen LogP contribution >= 0.6 is 0 Å². The molecule has 1 aliphatic rings. The second-order valence-electron chi connectivity index (χ2n) is 4.59. The van der Waals surface area contributed by atoms with Gasteiger partial charge in [-0.25, -0.2) is 0 Å². The monoisotopic (exact) mass is 247 g/mol. The van der Waals surface area contributed by atoms with Gasteiger partial charge in [-0.2, -0.15) is 0 Å². The van der Waals surface area contributed by atoms with E-state index in [9.17, 15) is 9.59 Å². The topological polar surface area (TPSA) is 84.2 Å². The molecule has 0 saturated heterocycles. The number of nitrogen functional groups attached to an aromatic ring is 1. The average molecular weight is 247 g/mol. The fraction of sp³-hybridized carbons (Fsp3) is 0.385. The third kappa shape index (κ3) is 2.61. The first-order valence-electron chi connectivity index (χ1n) is 6.07. The maximum Gasteiger partial charge on any atom is 0.246 e. The zero-order chi connectivity index (χ0) is 13.0. The lowest BCUT2D eigenvalue weighted by molar-refractivity contribution is -0.127. The minimum Gasteiger partial charge on any atom is -0.399 e. The molecule has 1 aromatic rings. The zero-order valence-electron chi connectivity index (χ0n) is 10.1. The van der Waals surface area contributed by atoms with Gasteiger partial charge in [-0.05, 0) is 36.5 Å². The summed E-state index contributed by atoms with van der Waals surface area (Å²) in [6, 6.07) is 7.36. The van der Waals surface area contributed by atoms with E-state index in [1.807, 2.05) is 18.2 Å². The molecule has 5 heteroatoms. The lowest BCUT2D eigenvalue weighted by Gasteiger charge is -2.33. The number of carbonyl (C=O) groups excluding carboxylic acids is 2. The van der Waals surface area contributed by atoms with Crippen molar-refractivity contribution < 1.29 is 9.59 Å². The highest BCUT2D eigenvalue weighted by molar-refractivity contribution is 5.84. The second kappa shape index (κ2) is 5.53. The Morgan fingerprint density at radius 3 is 2.78 bits per heavy atom. The van der Waals surface area contributed by atoms with Gasteiger partial charge in [-0.15, -0.1) is 0 Å². The summed E-state index contributed by atoms with van der Waals surface area (Å²) in [5.41, 5.74) is 11.9. The van der Waals surface area contributed by atoms with Gasteiger partial charge < -0.3 is 5.73 Å². The van der Waals surface area contributed by atoms with Crippen molar-refractivity contribution in [3.8, 4) is 0 Å². The summed E-state index contributed by atoms with van der Waals surface area (Å²) in [5, 5.41) is 0. The number of nitrogens with two attached hydrogens (primary N) is 1. The molecular weight excluding hydrogens is 230 g/mol. The molecule has 2 amide bonds. The summed E-state index contributed by atoms with van der Waals surface area (Å²) in [5.74, 6) is -0.0904. The Kier molecular flexibility index (Phi) is 3.82. The predicted octanol–water partition coefficient (Wildman–Crippen LogP) is 0.930. The van der Waals surface area contributed by atoms with Gasteiger partial charge in [-0.1, -0.05) is 18.6 Å². The first-order valence-corrected chi connectivity index (χ1v) is 6.07. The SMILES string of the molecule is Nc1cccc(C(C(=O)NNC=O)C2CCC2)c1. The summed E-state index contributed by atoms with van der Waals surface area (Å²) in [4.78, 5) is 22.3. The van der Waals surface area contributed by atoms with E-state index >= 15 is 0 Å². The third-order valence-electron chi connectivity index (χ3n) is 3.43. The van der Waals surface area contributed by atoms with Gasteiger partial charge in [0.05, 0.1) is 5.92 Å². The molecule has 0 radical (unpaired) electrons. The molecule has 0 heterocycles. The summed E-state index contributed by atoms with van der Waals surface area (Å²) in [6.45, 7) is 0. The van der Waals surface area contributed by atoms with E-state index in [2.05, 4.69) is 10.9 Å². The molecule has 0 aliphatic heterocycles. The van der Waals surface area contributed by atoms with Gasteiger partial charge in [0.25, 0.3) is 0 Å². The summed E-state index contributed by atoms with van der Waals surface area (Å²) in [7, 11) is 0. The Bertz CT molecular complexity index is 444. The molecule has 1 fully saturated rings. The number of anilines is 1. The van der Waals surface area contributed by atoms with Crippen LogP contribution in [0.5, 0.6) is 0 Å². The van der Waals surface area contributed by atoms with Crippen LogP contribution in [0.3, 0.4) is 0 Å². The Hall–Kier alpha value is -2.04.